The maximum Gasteiger partial charge on any atom is 0.338 e. The number of carbonyl (C=O) groups is 1. The van der Waals surface area contributed by atoms with Crippen molar-refractivity contribution >= 4 is 5.97 Å². The SMILES string of the molecule is C/C=C/C=C/C=C/C1=C2C(=O)OC(C)CC(O)CC(O)C3(O)CC=CC(O1)C23. The van der Waals surface area contributed by atoms with Crippen LogP contribution in [0.5, 0.6) is 0 Å². The molecule has 3 N–H and O–H groups in total. The van der Waals surface area contributed by atoms with Crippen molar-refractivity contribution in [2.45, 2.75) is 63.1 Å². The van der Waals surface area contributed by atoms with Crippen LogP contribution in [-0.4, -0.2) is 51.3 Å². The molecular formula is C22H28O6. The summed E-state index contributed by atoms with van der Waals surface area (Å²) in [6.45, 7) is 3.61. The number of ether oxygens (including phenoxy) is 2. The summed E-state index contributed by atoms with van der Waals surface area (Å²) in [4.78, 5) is 12.9. The van der Waals surface area contributed by atoms with Crippen LogP contribution in [0, 0.1) is 5.92 Å². The van der Waals surface area contributed by atoms with E-state index >= 15 is 0 Å². The molecule has 6 unspecified atom stereocenters. The number of aliphatic hydroxyl groups excluding tert-OH is 2. The van der Waals surface area contributed by atoms with Crippen molar-refractivity contribution in [3.8, 4) is 0 Å². The Morgan fingerprint density at radius 3 is 2.64 bits per heavy atom. The van der Waals surface area contributed by atoms with E-state index in [0.717, 1.165) is 0 Å². The first-order chi connectivity index (χ1) is 13.4. The molecule has 0 saturated carbocycles. The third-order valence-electron chi connectivity index (χ3n) is 5.46. The summed E-state index contributed by atoms with van der Waals surface area (Å²) in [6.07, 6.45) is 11.5. The van der Waals surface area contributed by atoms with Gasteiger partial charge in [0.15, 0.2) is 0 Å². The number of cyclic esters (lactones) is 1. The van der Waals surface area contributed by atoms with E-state index in [4.69, 9.17) is 9.47 Å². The Morgan fingerprint density at radius 1 is 1.14 bits per heavy atom. The number of hydrogen-bond donors (Lipinski definition) is 3. The fourth-order valence-electron chi connectivity index (χ4n) is 4.12. The Balaban J connectivity index is 2.03. The van der Waals surface area contributed by atoms with Crippen LogP contribution in [-0.2, 0) is 14.3 Å². The zero-order valence-corrected chi connectivity index (χ0v) is 16.2. The van der Waals surface area contributed by atoms with Gasteiger partial charge in [0.25, 0.3) is 0 Å². The molecule has 0 amide bonds. The topological polar surface area (TPSA) is 96.2 Å². The third-order valence-corrected chi connectivity index (χ3v) is 5.46. The van der Waals surface area contributed by atoms with Crippen molar-refractivity contribution in [1.29, 1.82) is 0 Å². The van der Waals surface area contributed by atoms with E-state index in [1.165, 1.54) is 0 Å². The zero-order chi connectivity index (χ0) is 20.3. The summed E-state index contributed by atoms with van der Waals surface area (Å²) in [5, 5.41) is 32.3. The largest absolute Gasteiger partial charge is 0.485 e. The zero-order valence-electron chi connectivity index (χ0n) is 16.2. The van der Waals surface area contributed by atoms with Gasteiger partial charge in [0.2, 0.25) is 0 Å². The predicted octanol–water partition coefficient (Wildman–Crippen LogP) is 2.08. The van der Waals surface area contributed by atoms with E-state index in [0.29, 0.717) is 5.76 Å². The quantitative estimate of drug-likeness (QED) is 0.389. The van der Waals surface area contributed by atoms with Gasteiger partial charge in [0, 0.05) is 12.8 Å². The van der Waals surface area contributed by atoms with Gasteiger partial charge in [-0.2, -0.15) is 0 Å². The first kappa shape index (κ1) is 20.6. The number of carbonyl (C=O) groups excluding carboxylic acids is 1. The van der Waals surface area contributed by atoms with E-state index in [1.807, 2.05) is 25.2 Å². The van der Waals surface area contributed by atoms with Gasteiger partial charge < -0.3 is 24.8 Å². The smallest absolute Gasteiger partial charge is 0.338 e. The highest BCUT2D eigenvalue weighted by molar-refractivity contribution is 5.91. The summed E-state index contributed by atoms with van der Waals surface area (Å²) in [7, 11) is 0. The second kappa shape index (κ2) is 8.47. The predicted molar refractivity (Wildman–Crippen MR) is 104 cm³/mol. The third kappa shape index (κ3) is 3.99. The summed E-state index contributed by atoms with van der Waals surface area (Å²) in [5.41, 5.74) is -1.39. The van der Waals surface area contributed by atoms with Gasteiger partial charge in [0.1, 0.15) is 23.6 Å². The van der Waals surface area contributed by atoms with Gasteiger partial charge in [-0.1, -0.05) is 36.5 Å². The average molecular weight is 388 g/mol. The fourth-order valence-corrected chi connectivity index (χ4v) is 4.12. The van der Waals surface area contributed by atoms with Crippen LogP contribution in [0.2, 0.25) is 0 Å². The maximum absolute atomic E-state index is 12.9. The summed E-state index contributed by atoms with van der Waals surface area (Å²) in [6, 6.07) is 0. The molecule has 6 atom stereocenters. The number of aliphatic hydroxyl groups is 3. The normalized spacial score (nSPS) is 38.9. The van der Waals surface area contributed by atoms with Gasteiger partial charge in [-0.15, -0.1) is 0 Å². The first-order valence-corrected chi connectivity index (χ1v) is 9.69. The molecule has 0 aromatic heterocycles. The Kier molecular flexibility index (Phi) is 6.23. The monoisotopic (exact) mass is 388 g/mol. The number of hydrogen-bond acceptors (Lipinski definition) is 6. The Bertz CT molecular complexity index is 746. The van der Waals surface area contributed by atoms with E-state index in [2.05, 4.69) is 0 Å². The average Bonchev–Trinajstić information content (AvgIpc) is 3.00. The molecule has 6 heteroatoms. The number of rotatable bonds is 3. The van der Waals surface area contributed by atoms with Crippen LogP contribution in [0.1, 0.15) is 33.1 Å². The van der Waals surface area contributed by atoms with Gasteiger partial charge in [0.05, 0.1) is 23.7 Å². The fraction of sp³-hybridized carbons (Fsp3) is 0.500. The van der Waals surface area contributed by atoms with E-state index in [-0.39, 0.29) is 24.8 Å². The molecule has 0 bridgehead atoms. The Morgan fingerprint density at radius 2 is 1.89 bits per heavy atom. The molecule has 1 fully saturated rings. The molecule has 0 aromatic rings. The minimum absolute atomic E-state index is 0.00000661. The lowest BCUT2D eigenvalue weighted by Gasteiger charge is -2.43. The standard InChI is InChI=1S/C22H28O6/c1-3-4-5-6-7-9-16-19-20-17(28-16)10-8-11-22(20,26)18(24)13-15(23)12-14(2)27-21(19)25/h3-10,14-15,17-18,20,23-24,26H,11-13H2,1-2H3/b4-3+,6-5+,9-7+. The van der Waals surface area contributed by atoms with Gasteiger partial charge in [-0.05, 0) is 32.4 Å². The molecule has 1 saturated heterocycles. The second-order valence-corrected chi connectivity index (χ2v) is 7.59. The van der Waals surface area contributed by atoms with Crippen LogP contribution in [0.3, 0.4) is 0 Å². The number of allylic oxidation sites excluding steroid dienone is 6. The van der Waals surface area contributed by atoms with E-state index in [9.17, 15) is 20.1 Å². The molecule has 0 spiro atoms. The lowest BCUT2D eigenvalue weighted by molar-refractivity contribution is -0.158. The molecule has 28 heavy (non-hydrogen) atoms. The van der Waals surface area contributed by atoms with Crippen LogP contribution < -0.4 is 0 Å². The molecule has 3 aliphatic rings. The van der Waals surface area contributed by atoms with Crippen LogP contribution >= 0.6 is 0 Å². The lowest BCUT2D eigenvalue weighted by Crippen LogP contribution is -2.55. The summed E-state index contributed by atoms with van der Waals surface area (Å²) < 4.78 is 11.5. The highest BCUT2D eigenvalue weighted by Gasteiger charge is 2.56. The molecule has 3 rings (SSSR count). The Hall–Kier alpha value is -2.15. The molecule has 2 heterocycles. The van der Waals surface area contributed by atoms with Gasteiger partial charge in [-0.25, -0.2) is 4.79 Å². The van der Waals surface area contributed by atoms with Crippen LogP contribution in [0.15, 0.2) is 59.9 Å². The minimum atomic E-state index is -1.62. The Labute approximate surface area is 165 Å². The van der Waals surface area contributed by atoms with Crippen molar-refractivity contribution in [3.05, 3.63) is 59.9 Å². The van der Waals surface area contributed by atoms with Crippen molar-refractivity contribution in [1.82, 2.24) is 0 Å². The van der Waals surface area contributed by atoms with Gasteiger partial charge in [-0.3, -0.25) is 0 Å². The van der Waals surface area contributed by atoms with Crippen LogP contribution in [0.4, 0.5) is 0 Å². The maximum atomic E-state index is 12.9. The highest BCUT2D eigenvalue weighted by atomic mass is 16.5. The summed E-state index contributed by atoms with van der Waals surface area (Å²) in [5.74, 6) is -1.03. The van der Waals surface area contributed by atoms with Crippen molar-refractivity contribution in [3.63, 3.8) is 0 Å². The van der Waals surface area contributed by atoms with E-state index < -0.39 is 41.9 Å². The number of esters is 1. The molecule has 1 aliphatic carbocycles. The first-order valence-electron chi connectivity index (χ1n) is 9.69. The molecule has 2 aliphatic heterocycles. The van der Waals surface area contributed by atoms with Gasteiger partial charge >= 0.3 is 5.97 Å². The second-order valence-electron chi connectivity index (χ2n) is 7.59. The van der Waals surface area contributed by atoms with Crippen molar-refractivity contribution in [2.24, 2.45) is 5.92 Å². The molecule has 0 aromatic carbocycles. The molecular weight excluding hydrogens is 360 g/mol. The van der Waals surface area contributed by atoms with E-state index in [1.54, 1.807) is 37.3 Å². The molecule has 0 radical (unpaired) electrons. The summed E-state index contributed by atoms with van der Waals surface area (Å²) >= 11 is 0. The minimum Gasteiger partial charge on any atom is -0.485 e. The van der Waals surface area contributed by atoms with Crippen molar-refractivity contribution < 1.29 is 29.6 Å². The highest BCUT2D eigenvalue weighted by Crippen LogP contribution is 2.47. The molecule has 6 nitrogen and oxygen atoms in total. The molecule has 152 valence electrons. The van der Waals surface area contributed by atoms with Crippen LogP contribution in [0.25, 0.3) is 0 Å². The lowest BCUT2D eigenvalue weighted by atomic mass is 9.69. The van der Waals surface area contributed by atoms with Crippen molar-refractivity contribution in [2.75, 3.05) is 0 Å².